The van der Waals surface area contributed by atoms with Gasteiger partial charge in [0.05, 0.1) is 44.6 Å². The number of amides is 2. The molecular weight excluding hydrogens is 715 g/mol. The molecule has 0 spiro atoms. The number of nitrogens with two attached hydrogens (primary N) is 1. The van der Waals surface area contributed by atoms with Crippen molar-refractivity contribution in [3.05, 3.63) is 95.7 Å². The fourth-order valence-corrected chi connectivity index (χ4v) is 7.50. The maximum atomic E-state index is 13.3. The molecule has 54 heavy (non-hydrogen) atoms. The monoisotopic (exact) mass is 763 g/mol. The highest BCUT2D eigenvalue weighted by atomic mass is 32.2. The molecule has 0 aliphatic heterocycles. The van der Waals surface area contributed by atoms with E-state index in [1.54, 1.807) is 19.1 Å². The first-order chi connectivity index (χ1) is 26.0. The highest BCUT2D eigenvalue weighted by molar-refractivity contribution is 7.85. The molecule has 3 aromatic carbocycles. The minimum atomic E-state index is -4.54. The van der Waals surface area contributed by atoms with E-state index in [0.29, 0.717) is 32.9 Å². The number of hydrazine groups is 1. The van der Waals surface area contributed by atoms with Crippen molar-refractivity contribution in [1.29, 1.82) is 0 Å². The molecule has 15 heteroatoms. The number of nitrogens with zero attached hydrogens (tertiary/aromatic N) is 3. The average Bonchev–Trinajstić information content (AvgIpc) is 3.67. The fraction of sp³-hybridized carbons (Fsp3) is 0.410. The van der Waals surface area contributed by atoms with Crippen molar-refractivity contribution in [2.24, 2.45) is 11.7 Å². The Labute approximate surface area is 315 Å². The van der Waals surface area contributed by atoms with E-state index >= 15 is 0 Å². The van der Waals surface area contributed by atoms with Gasteiger partial charge in [0, 0.05) is 63.7 Å². The number of carbonyl (C=O) groups is 3. The molecule has 4 N–H and O–H groups in total. The number of para-hydroxylation sites is 1. The van der Waals surface area contributed by atoms with Crippen molar-refractivity contribution < 1.29 is 41.6 Å². The molecule has 0 radical (unpaired) electrons. The van der Waals surface area contributed by atoms with Gasteiger partial charge in [-0.05, 0) is 39.8 Å². The van der Waals surface area contributed by atoms with E-state index < -0.39 is 33.8 Å². The van der Waals surface area contributed by atoms with E-state index in [4.69, 9.17) is 19.9 Å². The first-order valence-electron chi connectivity index (χ1n) is 17.9. The number of Topliss-reactive ketones (excluding diaryl/α,β-unsaturated/α-hetero) is 1. The van der Waals surface area contributed by atoms with E-state index in [1.807, 2.05) is 59.2 Å². The maximum absolute atomic E-state index is 13.3. The zero-order valence-corrected chi connectivity index (χ0v) is 31.5. The third-order valence-corrected chi connectivity index (χ3v) is 10.3. The molecule has 1 aliphatic rings. The summed E-state index contributed by atoms with van der Waals surface area (Å²) < 4.78 is 51.4. The normalized spacial score (nSPS) is 13.1. The molecule has 1 aromatic heterocycles. The van der Waals surface area contributed by atoms with Gasteiger partial charge < -0.3 is 29.8 Å². The van der Waals surface area contributed by atoms with Crippen molar-refractivity contribution in [3.63, 3.8) is 0 Å². The molecule has 0 fully saturated rings. The van der Waals surface area contributed by atoms with Crippen LogP contribution in [0.2, 0.25) is 0 Å². The predicted molar refractivity (Wildman–Crippen MR) is 204 cm³/mol. The molecular formula is C39H49N5O9S. The average molecular weight is 764 g/mol. The molecule has 5 rings (SSSR count). The zero-order chi connectivity index (χ0) is 38.7. The van der Waals surface area contributed by atoms with Crippen LogP contribution in [0, 0.1) is 5.92 Å². The van der Waals surface area contributed by atoms with E-state index in [2.05, 4.69) is 29.6 Å². The van der Waals surface area contributed by atoms with E-state index in [0.717, 1.165) is 38.9 Å². The van der Waals surface area contributed by atoms with Crippen LogP contribution in [0.25, 0.3) is 22.0 Å². The number of aromatic nitrogens is 1. The molecule has 4 aromatic rings. The lowest BCUT2D eigenvalue weighted by Gasteiger charge is -2.28. The molecule has 14 nitrogen and oxygen atoms in total. The molecule has 0 saturated carbocycles. The second-order valence-corrected chi connectivity index (χ2v) is 14.7. The quantitative estimate of drug-likeness (QED) is 0.0637. The van der Waals surface area contributed by atoms with Gasteiger partial charge in [0.2, 0.25) is 5.91 Å². The smallest absolute Gasteiger partial charge is 0.424 e. The summed E-state index contributed by atoms with van der Waals surface area (Å²) in [5, 5.41) is 6.67. The SMILES string of the molecule is CN(Cc1cc2ccccc2n1CCC(=O)C[C@@H](CS(=O)(=O)O)C(=O)NCCOCCOCCN)N(C)C(=O)OCC1c2ccccc2-c2ccccc21. The van der Waals surface area contributed by atoms with Crippen molar-refractivity contribution in [2.75, 3.05) is 66.0 Å². The van der Waals surface area contributed by atoms with Gasteiger partial charge in [-0.1, -0.05) is 66.7 Å². The molecule has 0 unspecified atom stereocenters. The number of ether oxygens (including phenoxy) is 3. The summed E-state index contributed by atoms with van der Waals surface area (Å²) in [6, 6.07) is 26.0. The van der Waals surface area contributed by atoms with Crippen LogP contribution in [0.15, 0.2) is 78.9 Å². The molecule has 0 bridgehead atoms. The summed E-state index contributed by atoms with van der Waals surface area (Å²) in [4.78, 5) is 39.5. The molecule has 1 aliphatic carbocycles. The Balaban J connectivity index is 1.18. The molecule has 0 saturated heterocycles. The maximum Gasteiger partial charge on any atom is 0.424 e. The summed E-state index contributed by atoms with van der Waals surface area (Å²) in [5.74, 6) is -3.26. The predicted octanol–water partition coefficient (Wildman–Crippen LogP) is 3.83. The van der Waals surface area contributed by atoms with Gasteiger partial charge in [-0.2, -0.15) is 8.42 Å². The highest BCUT2D eigenvalue weighted by Crippen LogP contribution is 2.44. The van der Waals surface area contributed by atoms with Gasteiger partial charge in [-0.15, -0.1) is 0 Å². The number of fused-ring (bicyclic) bond motifs is 4. The lowest BCUT2D eigenvalue weighted by molar-refractivity contribution is -0.129. The summed E-state index contributed by atoms with van der Waals surface area (Å²) >= 11 is 0. The van der Waals surface area contributed by atoms with E-state index in [1.165, 1.54) is 5.01 Å². The topological polar surface area (TPSA) is 183 Å². The Morgan fingerprint density at radius 3 is 2.20 bits per heavy atom. The van der Waals surface area contributed by atoms with Crippen molar-refractivity contribution in [1.82, 2.24) is 19.9 Å². The Morgan fingerprint density at radius 2 is 1.54 bits per heavy atom. The Bertz CT molecular complexity index is 1970. The fourth-order valence-electron chi connectivity index (χ4n) is 6.72. The lowest BCUT2D eigenvalue weighted by atomic mass is 9.98. The summed E-state index contributed by atoms with van der Waals surface area (Å²) in [5.41, 5.74) is 11.6. The molecule has 1 atom stereocenters. The summed E-state index contributed by atoms with van der Waals surface area (Å²) in [7, 11) is -1.13. The Morgan fingerprint density at radius 1 is 0.907 bits per heavy atom. The van der Waals surface area contributed by atoms with Gasteiger partial charge in [-0.3, -0.25) is 14.1 Å². The number of ketones is 1. The lowest BCUT2D eigenvalue weighted by Crippen LogP contribution is -2.41. The molecule has 290 valence electrons. The third-order valence-electron chi connectivity index (χ3n) is 9.45. The van der Waals surface area contributed by atoms with Gasteiger partial charge in [0.25, 0.3) is 10.1 Å². The van der Waals surface area contributed by atoms with Crippen LogP contribution in [0.1, 0.15) is 35.6 Å². The molecule has 1 heterocycles. The van der Waals surface area contributed by atoms with Crippen LogP contribution in [0.3, 0.4) is 0 Å². The first-order valence-corrected chi connectivity index (χ1v) is 19.5. The van der Waals surface area contributed by atoms with Crippen LogP contribution >= 0.6 is 0 Å². The van der Waals surface area contributed by atoms with Gasteiger partial charge >= 0.3 is 6.09 Å². The highest BCUT2D eigenvalue weighted by Gasteiger charge is 2.30. The Kier molecular flexibility index (Phi) is 14.3. The first kappa shape index (κ1) is 40.5. The van der Waals surface area contributed by atoms with E-state index in [9.17, 15) is 27.4 Å². The number of hydrogen-bond donors (Lipinski definition) is 3. The van der Waals surface area contributed by atoms with Crippen LogP contribution in [0.4, 0.5) is 4.79 Å². The number of aryl methyl sites for hydroxylation is 1. The van der Waals surface area contributed by atoms with Crippen molar-refractivity contribution in [3.8, 4) is 11.1 Å². The van der Waals surface area contributed by atoms with E-state index in [-0.39, 0.29) is 50.8 Å². The van der Waals surface area contributed by atoms with Gasteiger partial charge in [-0.25, -0.2) is 14.8 Å². The Hall–Kier alpha value is -4.64. The second-order valence-electron chi connectivity index (χ2n) is 13.2. The number of nitrogens with one attached hydrogen (secondary N) is 1. The van der Waals surface area contributed by atoms with Crippen LogP contribution < -0.4 is 11.1 Å². The third kappa shape index (κ3) is 10.7. The van der Waals surface area contributed by atoms with Crippen molar-refractivity contribution in [2.45, 2.75) is 31.8 Å². The van der Waals surface area contributed by atoms with Gasteiger partial charge in [0.15, 0.2) is 0 Å². The van der Waals surface area contributed by atoms with Crippen LogP contribution in [-0.4, -0.2) is 111 Å². The summed E-state index contributed by atoms with van der Waals surface area (Å²) in [6.07, 6.45) is -0.889. The number of rotatable bonds is 21. The summed E-state index contributed by atoms with van der Waals surface area (Å²) in [6.45, 7) is 2.40. The van der Waals surface area contributed by atoms with Crippen LogP contribution in [0.5, 0.6) is 0 Å². The number of carbonyl (C=O) groups excluding carboxylic acids is 3. The number of hydrogen-bond acceptors (Lipinski definition) is 10. The molecule has 2 amide bonds. The largest absolute Gasteiger partial charge is 0.447 e. The second kappa shape index (κ2) is 19.1. The van der Waals surface area contributed by atoms with Crippen molar-refractivity contribution >= 4 is 38.8 Å². The van der Waals surface area contributed by atoms with Gasteiger partial charge in [0.1, 0.15) is 12.4 Å². The zero-order valence-electron chi connectivity index (χ0n) is 30.7. The number of benzene rings is 3. The van der Waals surface area contributed by atoms with Crippen LogP contribution in [-0.2, 0) is 47.0 Å². The minimum absolute atomic E-state index is 0.00122. The minimum Gasteiger partial charge on any atom is -0.447 e. The standard InChI is InChI=1S/C39H49N5O9S/c1-42(43(2)39(47)53-26-36-34-12-6-4-10-32(34)33-11-5-7-13-35(33)36)25-30-23-28-9-3-8-14-37(28)44(30)18-15-31(45)24-29(27-54(48,49)50)38(46)41-17-20-52-22-21-51-19-16-40/h3-14,23,29,36H,15-22,24-27,40H2,1-2H3,(H,41,46)(H,48,49,50)/t29-/m0/s1.